The van der Waals surface area contributed by atoms with Gasteiger partial charge in [0, 0.05) is 5.54 Å². The van der Waals surface area contributed by atoms with E-state index in [1.54, 1.807) is 6.26 Å². The first kappa shape index (κ1) is 9.49. The maximum Gasteiger partial charge on any atom is 0.126 e. The van der Waals surface area contributed by atoms with Gasteiger partial charge in [0.25, 0.3) is 0 Å². The average Bonchev–Trinajstić information content (AvgIpc) is 2.54. The van der Waals surface area contributed by atoms with Crippen LogP contribution in [0.3, 0.4) is 0 Å². The maximum atomic E-state index is 9.23. The molecule has 2 rings (SSSR count). The van der Waals surface area contributed by atoms with Gasteiger partial charge in [-0.2, -0.15) is 0 Å². The Morgan fingerprint density at radius 1 is 1.71 bits per heavy atom. The highest BCUT2D eigenvalue weighted by molar-refractivity contribution is 5.51. The van der Waals surface area contributed by atoms with E-state index in [0.717, 1.165) is 11.3 Å². The lowest BCUT2D eigenvalue weighted by atomic mass is 9.70. The summed E-state index contributed by atoms with van der Waals surface area (Å²) in [6.45, 7) is 1.98. The molecule has 0 bridgehead atoms. The predicted octanol–water partition coefficient (Wildman–Crippen LogP) is 1.54. The van der Waals surface area contributed by atoms with Crippen LogP contribution in [-0.2, 0) is 0 Å². The fourth-order valence-electron chi connectivity index (χ4n) is 1.83. The standard InChI is InChI=1S/C11H15NO2/c1-8(5-10-3-2-4-14-10)11(12)6-9(13)7-11/h2-5,9,13H,6-7,12H2,1H3/b8-5+. The monoisotopic (exact) mass is 193 g/mol. The van der Waals surface area contributed by atoms with Crippen LogP contribution in [-0.4, -0.2) is 16.7 Å². The largest absolute Gasteiger partial charge is 0.465 e. The van der Waals surface area contributed by atoms with E-state index in [1.807, 2.05) is 25.1 Å². The molecule has 0 aromatic carbocycles. The molecule has 0 aliphatic heterocycles. The second kappa shape index (κ2) is 3.26. The van der Waals surface area contributed by atoms with Crippen molar-refractivity contribution in [3.8, 4) is 0 Å². The van der Waals surface area contributed by atoms with Crippen LogP contribution in [0.2, 0.25) is 0 Å². The summed E-state index contributed by atoms with van der Waals surface area (Å²) in [5.41, 5.74) is 6.82. The van der Waals surface area contributed by atoms with Crippen molar-refractivity contribution in [2.45, 2.75) is 31.4 Å². The minimum atomic E-state index is -0.327. The van der Waals surface area contributed by atoms with Gasteiger partial charge >= 0.3 is 0 Å². The first-order valence-corrected chi connectivity index (χ1v) is 4.79. The van der Waals surface area contributed by atoms with Crippen molar-refractivity contribution in [3.63, 3.8) is 0 Å². The molecule has 1 aromatic heterocycles. The van der Waals surface area contributed by atoms with Crippen molar-refractivity contribution in [1.82, 2.24) is 0 Å². The van der Waals surface area contributed by atoms with Crippen molar-refractivity contribution in [2.24, 2.45) is 5.73 Å². The summed E-state index contributed by atoms with van der Waals surface area (Å²) in [6, 6.07) is 3.74. The van der Waals surface area contributed by atoms with Crippen LogP contribution in [0.15, 0.2) is 28.4 Å². The number of hydrogen-bond acceptors (Lipinski definition) is 3. The van der Waals surface area contributed by atoms with Gasteiger partial charge in [0.1, 0.15) is 5.76 Å². The van der Waals surface area contributed by atoms with E-state index < -0.39 is 0 Å². The third kappa shape index (κ3) is 1.61. The van der Waals surface area contributed by atoms with Crippen molar-refractivity contribution in [2.75, 3.05) is 0 Å². The minimum absolute atomic E-state index is 0.236. The quantitative estimate of drug-likeness (QED) is 0.749. The Hall–Kier alpha value is -1.06. The van der Waals surface area contributed by atoms with Crippen LogP contribution < -0.4 is 5.73 Å². The molecule has 0 saturated heterocycles. The molecule has 0 amide bonds. The van der Waals surface area contributed by atoms with Gasteiger partial charge in [-0.15, -0.1) is 0 Å². The summed E-state index contributed by atoms with van der Waals surface area (Å²) >= 11 is 0. The first-order chi connectivity index (χ1) is 6.60. The second-order valence-corrected chi connectivity index (χ2v) is 4.06. The van der Waals surface area contributed by atoms with Crippen LogP contribution in [0, 0.1) is 0 Å². The van der Waals surface area contributed by atoms with Crippen molar-refractivity contribution >= 4 is 6.08 Å². The zero-order valence-corrected chi connectivity index (χ0v) is 8.23. The molecule has 0 spiro atoms. The molecule has 3 heteroatoms. The Bertz CT molecular complexity index is 334. The highest BCUT2D eigenvalue weighted by Crippen LogP contribution is 2.36. The third-order valence-corrected chi connectivity index (χ3v) is 2.89. The van der Waals surface area contributed by atoms with E-state index in [1.165, 1.54) is 0 Å². The second-order valence-electron chi connectivity index (χ2n) is 4.06. The molecule has 0 atom stereocenters. The lowest BCUT2D eigenvalue weighted by Crippen LogP contribution is -2.55. The zero-order chi connectivity index (χ0) is 10.2. The zero-order valence-electron chi connectivity index (χ0n) is 8.23. The van der Waals surface area contributed by atoms with Crippen LogP contribution in [0.5, 0.6) is 0 Å². The fraction of sp³-hybridized carbons (Fsp3) is 0.455. The molecule has 0 radical (unpaired) electrons. The van der Waals surface area contributed by atoms with Gasteiger partial charge in [-0.25, -0.2) is 0 Å². The normalized spacial score (nSPS) is 32.8. The SMILES string of the molecule is C/C(=C\c1ccco1)C1(N)CC(O)C1. The molecule has 1 aromatic rings. The van der Waals surface area contributed by atoms with Gasteiger partial charge in [-0.05, 0) is 43.5 Å². The van der Waals surface area contributed by atoms with Crippen LogP contribution in [0.1, 0.15) is 25.5 Å². The van der Waals surface area contributed by atoms with E-state index >= 15 is 0 Å². The molecule has 3 N–H and O–H groups in total. The number of nitrogens with two attached hydrogens (primary N) is 1. The van der Waals surface area contributed by atoms with E-state index in [4.69, 9.17) is 10.2 Å². The van der Waals surface area contributed by atoms with E-state index in [-0.39, 0.29) is 11.6 Å². The molecular formula is C11H15NO2. The fourth-order valence-corrected chi connectivity index (χ4v) is 1.83. The Balaban J connectivity index is 2.12. The molecule has 0 unspecified atom stereocenters. The highest BCUT2D eigenvalue weighted by Gasteiger charge is 2.41. The van der Waals surface area contributed by atoms with Crippen LogP contribution in [0.4, 0.5) is 0 Å². The molecule has 1 fully saturated rings. The number of furan rings is 1. The molecule has 1 aliphatic rings. The summed E-state index contributed by atoms with van der Waals surface area (Å²) in [5, 5.41) is 9.23. The number of hydrogen-bond donors (Lipinski definition) is 2. The smallest absolute Gasteiger partial charge is 0.126 e. The van der Waals surface area contributed by atoms with E-state index in [0.29, 0.717) is 12.8 Å². The Morgan fingerprint density at radius 2 is 2.43 bits per heavy atom. The van der Waals surface area contributed by atoms with Gasteiger partial charge in [0.15, 0.2) is 0 Å². The van der Waals surface area contributed by atoms with E-state index in [9.17, 15) is 5.11 Å². The lowest BCUT2D eigenvalue weighted by Gasteiger charge is -2.43. The Kier molecular flexibility index (Phi) is 2.21. The maximum absolute atomic E-state index is 9.23. The first-order valence-electron chi connectivity index (χ1n) is 4.79. The third-order valence-electron chi connectivity index (χ3n) is 2.89. The molecule has 1 aliphatic carbocycles. The molecule has 14 heavy (non-hydrogen) atoms. The van der Waals surface area contributed by atoms with Gasteiger partial charge in [0.2, 0.25) is 0 Å². The highest BCUT2D eigenvalue weighted by atomic mass is 16.3. The Morgan fingerprint density at radius 3 is 2.93 bits per heavy atom. The predicted molar refractivity (Wildman–Crippen MR) is 54.5 cm³/mol. The van der Waals surface area contributed by atoms with Crippen molar-refractivity contribution in [1.29, 1.82) is 0 Å². The molecule has 1 heterocycles. The molecule has 3 nitrogen and oxygen atoms in total. The van der Waals surface area contributed by atoms with Gasteiger partial charge in [0.05, 0.1) is 12.4 Å². The summed E-state index contributed by atoms with van der Waals surface area (Å²) in [6.07, 6.45) is 4.63. The summed E-state index contributed by atoms with van der Waals surface area (Å²) in [5.74, 6) is 0.814. The van der Waals surface area contributed by atoms with Crippen LogP contribution in [0.25, 0.3) is 6.08 Å². The summed E-state index contributed by atoms with van der Waals surface area (Å²) < 4.78 is 5.20. The average molecular weight is 193 g/mol. The molecular weight excluding hydrogens is 178 g/mol. The summed E-state index contributed by atoms with van der Waals surface area (Å²) in [7, 11) is 0. The summed E-state index contributed by atoms with van der Waals surface area (Å²) in [4.78, 5) is 0. The lowest BCUT2D eigenvalue weighted by molar-refractivity contribution is 0.0408. The number of rotatable bonds is 2. The topological polar surface area (TPSA) is 59.4 Å². The van der Waals surface area contributed by atoms with Crippen molar-refractivity contribution < 1.29 is 9.52 Å². The van der Waals surface area contributed by atoms with Gasteiger partial charge < -0.3 is 15.3 Å². The number of aliphatic hydroxyl groups is 1. The van der Waals surface area contributed by atoms with Crippen LogP contribution >= 0.6 is 0 Å². The molecule has 1 saturated carbocycles. The molecule has 76 valence electrons. The van der Waals surface area contributed by atoms with Gasteiger partial charge in [-0.3, -0.25) is 0 Å². The number of aliphatic hydroxyl groups excluding tert-OH is 1. The minimum Gasteiger partial charge on any atom is -0.465 e. The van der Waals surface area contributed by atoms with E-state index in [2.05, 4.69) is 0 Å². The van der Waals surface area contributed by atoms with Gasteiger partial charge in [-0.1, -0.05) is 0 Å². The Labute approximate surface area is 83.2 Å². The van der Waals surface area contributed by atoms with Crippen molar-refractivity contribution in [3.05, 3.63) is 29.7 Å².